The molecule has 0 spiro atoms. The van der Waals surface area contributed by atoms with Crippen molar-refractivity contribution in [3.8, 4) is 0 Å². The Morgan fingerprint density at radius 3 is 2.65 bits per heavy atom. The molecular formula is C16H19N3S. The minimum Gasteiger partial charge on any atom is -0.389 e. The summed E-state index contributed by atoms with van der Waals surface area (Å²) >= 11 is 5.09. The van der Waals surface area contributed by atoms with E-state index in [1.165, 1.54) is 5.56 Å². The zero-order valence-electron chi connectivity index (χ0n) is 11.6. The lowest BCUT2D eigenvalue weighted by Crippen LogP contribution is -2.23. The maximum absolute atomic E-state index is 5.76. The fraction of sp³-hybridized carbons (Fsp3) is 0.250. The first-order chi connectivity index (χ1) is 9.66. The Labute approximate surface area is 125 Å². The molecule has 0 aliphatic heterocycles. The second-order valence-electron chi connectivity index (χ2n) is 4.83. The smallest absolute Gasteiger partial charge is 0.104 e. The van der Waals surface area contributed by atoms with Crippen LogP contribution in [0.25, 0.3) is 0 Å². The lowest BCUT2D eigenvalue weighted by molar-refractivity contribution is 0.330. The minimum absolute atomic E-state index is 0.457. The van der Waals surface area contributed by atoms with Gasteiger partial charge in [-0.3, -0.25) is 4.98 Å². The molecule has 2 aromatic rings. The highest BCUT2D eigenvalue weighted by atomic mass is 32.1. The first-order valence-corrected chi connectivity index (χ1v) is 7.04. The summed E-state index contributed by atoms with van der Waals surface area (Å²) in [6, 6.07) is 14.0. The Bertz CT molecular complexity index is 569. The van der Waals surface area contributed by atoms with Gasteiger partial charge in [0.15, 0.2) is 0 Å². The molecule has 4 heteroatoms. The van der Waals surface area contributed by atoms with Crippen LogP contribution in [0.5, 0.6) is 0 Å². The maximum atomic E-state index is 5.76. The first kappa shape index (κ1) is 14.6. The van der Waals surface area contributed by atoms with Crippen molar-refractivity contribution in [2.75, 3.05) is 13.6 Å². The van der Waals surface area contributed by atoms with Crippen molar-refractivity contribution in [3.63, 3.8) is 0 Å². The van der Waals surface area contributed by atoms with Gasteiger partial charge in [-0.2, -0.15) is 0 Å². The van der Waals surface area contributed by atoms with Crippen LogP contribution in [0.3, 0.4) is 0 Å². The molecule has 0 unspecified atom stereocenters. The van der Waals surface area contributed by atoms with Gasteiger partial charge in [0.05, 0.1) is 0 Å². The molecule has 104 valence electrons. The van der Waals surface area contributed by atoms with Crippen LogP contribution in [0, 0.1) is 0 Å². The molecule has 3 nitrogen and oxygen atoms in total. The van der Waals surface area contributed by atoms with E-state index in [1.54, 1.807) is 0 Å². The Kier molecular flexibility index (Phi) is 5.21. The van der Waals surface area contributed by atoms with E-state index < -0.39 is 0 Å². The van der Waals surface area contributed by atoms with Crippen LogP contribution in [0.4, 0.5) is 0 Å². The van der Waals surface area contributed by atoms with Gasteiger partial charge in [-0.1, -0.05) is 42.5 Å². The summed E-state index contributed by atoms with van der Waals surface area (Å²) in [6.07, 6.45) is 2.77. The Balaban J connectivity index is 1.95. The highest BCUT2D eigenvalue weighted by molar-refractivity contribution is 7.80. The molecule has 0 saturated heterocycles. The average molecular weight is 285 g/mol. The molecule has 1 aromatic heterocycles. The predicted octanol–water partition coefficient (Wildman–Crippen LogP) is 2.39. The summed E-state index contributed by atoms with van der Waals surface area (Å²) in [5, 5.41) is 0. The van der Waals surface area contributed by atoms with Crippen molar-refractivity contribution in [1.29, 1.82) is 0 Å². The number of pyridine rings is 1. The van der Waals surface area contributed by atoms with Gasteiger partial charge in [0, 0.05) is 37.0 Å². The van der Waals surface area contributed by atoms with Gasteiger partial charge < -0.3 is 10.6 Å². The van der Waals surface area contributed by atoms with E-state index in [4.69, 9.17) is 18.0 Å². The van der Waals surface area contributed by atoms with Gasteiger partial charge in [-0.15, -0.1) is 0 Å². The number of nitrogens with two attached hydrogens (primary N) is 1. The number of nitrogens with zero attached hydrogens (tertiary/aromatic N) is 2. The van der Waals surface area contributed by atoms with Gasteiger partial charge in [-0.25, -0.2) is 0 Å². The standard InChI is InChI=1S/C16H19N3S/c1-19(11-9-14-7-4-5-10-18-14)12-13-6-2-3-8-15(13)16(17)20/h2-8,10H,9,11-12H2,1H3,(H2,17,20). The second-order valence-corrected chi connectivity index (χ2v) is 5.27. The van der Waals surface area contributed by atoms with E-state index in [1.807, 2.05) is 36.5 Å². The van der Waals surface area contributed by atoms with E-state index >= 15 is 0 Å². The number of hydrogen-bond donors (Lipinski definition) is 1. The van der Waals surface area contributed by atoms with Crippen molar-refractivity contribution >= 4 is 17.2 Å². The monoisotopic (exact) mass is 285 g/mol. The topological polar surface area (TPSA) is 42.2 Å². The number of likely N-dealkylation sites (N-methyl/N-ethyl adjacent to an activating group) is 1. The van der Waals surface area contributed by atoms with Crippen LogP contribution < -0.4 is 5.73 Å². The van der Waals surface area contributed by atoms with Gasteiger partial charge in [0.1, 0.15) is 4.99 Å². The molecule has 2 rings (SSSR count). The van der Waals surface area contributed by atoms with Crippen LogP contribution in [0.1, 0.15) is 16.8 Å². The summed E-state index contributed by atoms with van der Waals surface area (Å²) in [7, 11) is 2.10. The molecule has 0 bridgehead atoms. The quantitative estimate of drug-likeness (QED) is 0.828. The van der Waals surface area contributed by atoms with Crippen LogP contribution in [-0.2, 0) is 13.0 Å². The Hall–Kier alpha value is -1.78. The number of thiocarbonyl (C=S) groups is 1. The molecule has 2 N–H and O–H groups in total. The fourth-order valence-electron chi connectivity index (χ4n) is 2.12. The second kappa shape index (κ2) is 7.12. The van der Waals surface area contributed by atoms with Crippen molar-refractivity contribution in [2.24, 2.45) is 5.73 Å². The molecule has 0 fully saturated rings. The summed E-state index contributed by atoms with van der Waals surface area (Å²) in [5.41, 5.74) is 9.01. The SMILES string of the molecule is CN(CCc1ccccn1)Cc1ccccc1C(N)=S. The summed E-state index contributed by atoms with van der Waals surface area (Å²) < 4.78 is 0. The summed E-state index contributed by atoms with van der Waals surface area (Å²) in [5.74, 6) is 0. The molecule has 1 heterocycles. The van der Waals surface area contributed by atoms with Crippen LogP contribution in [0.2, 0.25) is 0 Å². The van der Waals surface area contributed by atoms with Crippen LogP contribution >= 0.6 is 12.2 Å². The predicted molar refractivity (Wildman–Crippen MR) is 86.6 cm³/mol. The van der Waals surface area contributed by atoms with Gasteiger partial charge in [0.25, 0.3) is 0 Å². The highest BCUT2D eigenvalue weighted by Gasteiger charge is 2.07. The molecule has 0 amide bonds. The number of rotatable bonds is 6. The number of aromatic nitrogens is 1. The average Bonchev–Trinajstić information content (AvgIpc) is 2.46. The van der Waals surface area contributed by atoms with E-state index in [0.29, 0.717) is 4.99 Å². The lowest BCUT2D eigenvalue weighted by atomic mass is 10.1. The molecule has 0 saturated carbocycles. The molecule has 0 radical (unpaired) electrons. The number of hydrogen-bond acceptors (Lipinski definition) is 3. The largest absolute Gasteiger partial charge is 0.389 e. The van der Waals surface area contributed by atoms with E-state index in [-0.39, 0.29) is 0 Å². The van der Waals surface area contributed by atoms with Gasteiger partial charge in [-0.05, 0) is 24.7 Å². The Morgan fingerprint density at radius 1 is 1.20 bits per heavy atom. The molecule has 0 aliphatic carbocycles. The van der Waals surface area contributed by atoms with Crippen LogP contribution in [0.15, 0.2) is 48.7 Å². The van der Waals surface area contributed by atoms with Crippen molar-refractivity contribution in [3.05, 3.63) is 65.5 Å². The minimum atomic E-state index is 0.457. The van der Waals surface area contributed by atoms with Crippen molar-refractivity contribution in [2.45, 2.75) is 13.0 Å². The van der Waals surface area contributed by atoms with Gasteiger partial charge in [0.2, 0.25) is 0 Å². The first-order valence-electron chi connectivity index (χ1n) is 6.63. The molecule has 0 atom stereocenters. The fourth-order valence-corrected chi connectivity index (χ4v) is 2.32. The molecule has 0 aliphatic rings. The molecular weight excluding hydrogens is 266 g/mol. The zero-order valence-corrected chi connectivity index (χ0v) is 12.4. The normalized spacial score (nSPS) is 10.7. The molecule has 20 heavy (non-hydrogen) atoms. The molecule has 1 aromatic carbocycles. The third kappa shape index (κ3) is 4.11. The maximum Gasteiger partial charge on any atom is 0.104 e. The zero-order chi connectivity index (χ0) is 14.4. The van der Waals surface area contributed by atoms with Crippen molar-refractivity contribution in [1.82, 2.24) is 9.88 Å². The third-order valence-corrected chi connectivity index (χ3v) is 3.42. The van der Waals surface area contributed by atoms with Crippen molar-refractivity contribution < 1.29 is 0 Å². The lowest BCUT2D eigenvalue weighted by Gasteiger charge is -2.18. The van der Waals surface area contributed by atoms with E-state index in [0.717, 1.165) is 30.8 Å². The van der Waals surface area contributed by atoms with E-state index in [2.05, 4.69) is 29.1 Å². The third-order valence-electron chi connectivity index (χ3n) is 3.20. The number of benzene rings is 1. The summed E-state index contributed by atoms with van der Waals surface area (Å²) in [6.45, 7) is 1.78. The summed E-state index contributed by atoms with van der Waals surface area (Å²) in [4.78, 5) is 7.05. The van der Waals surface area contributed by atoms with Gasteiger partial charge >= 0.3 is 0 Å². The van der Waals surface area contributed by atoms with Crippen LogP contribution in [-0.4, -0.2) is 28.5 Å². The van der Waals surface area contributed by atoms with E-state index in [9.17, 15) is 0 Å². The highest BCUT2D eigenvalue weighted by Crippen LogP contribution is 2.11. The Morgan fingerprint density at radius 2 is 1.95 bits per heavy atom.